The Kier molecular flexibility index (Phi) is 3.76. The van der Waals surface area contributed by atoms with E-state index in [1.807, 2.05) is 12.3 Å². The van der Waals surface area contributed by atoms with E-state index in [0.717, 1.165) is 16.5 Å². The van der Waals surface area contributed by atoms with Crippen LogP contribution in [0.25, 0.3) is 0 Å². The molecule has 0 atom stereocenters. The maximum absolute atomic E-state index is 11.8. The van der Waals surface area contributed by atoms with Gasteiger partial charge in [0.15, 0.2) is 0 Å². The summed E-state index contributed by atoms with van der Waals surface area (Å²) in [4.78, 5) is 23.1. The Bertz CT molecular complexity index is 544. The molecule has 0 aliphatic rings. The number of thiazole rings is 1. The Morgan fingerprint density at radius 2 is 2.33 bits per heavy atom. The van der Waals surface area contributed by atoms with Crippen LogP contribution in [-0.4, -0.2) is 20.9 Å². The van der Waals surface area contributed by atoms with Gasteiger partial charge in [0.25, 0.3) is 5.91 Å². The molecule has 6 heteroatoms. The fraction of sp³-hybridized carbons (Fsp3) is 0.417. The van der Waals surface area contributed by atoms with Gasteiger partial charge in [-0.1, -0.05) is 13.8 Å². The fourth-order valence-electron chi connectivity index (χ4n) is 1.46. The van der Waals surface area contributed by atoms with Gasteiger partial charge in [-0.2, -0.15) is 0 Å². The number of aryl methyl sites for hydroxylation is 1. The molecule has 0 saturated heterocycles. The number of nitrogens with zero attached hydrogens (tertiary/aromatic N) is 2. The number of amides is 1. The fourth-order valence-corrected chi connectivity index (χ4v) is 2.35. The maximum atomic E-state index is 11.8. The van der Waals surface area contributed by atoms with Crippen molar-refractivity contribution in [2.75, 3.05) is 0 Å². The lowest BCUT2D eigenvalue weighted by molar-refractivity contribution is 0.0946. The van der Waals surface area contributed by atoms with Crippen molar-refractivity contribution in [1.82, 2.24) is 20.3 Å². The third kappa shape index (κ3) is 2.95. The van der Waals surface area contributed by atoms with E-state index in [1.54, 1.807) is 11.3 Å². The van der Waals surface area contributed by atoms with Crippen LogP contribution < -0.4 is 5.32 Å². The molecule has 0 fully saturated rings. The number of imidazole rings is 1. The Morgan fingerprint density at radius 3 is 2.89 bits per heavy atom. The van der Waals surface area contributed by atoms with Crippen molar-refractivity contribution in [3.8, 4) is 0 Å². The summed E-state index contributed by atoms with van der Waals surface area (Å²) in [5.74, 6) is 0.995. The van der Waals surface area contributed by atoms with Crippen LogP contribution in [0.5, 0.6) is 0 Å². The average molecular weight is 264 g/mol. The van der Waals surface area contributed by atoms with Crippen LogP contribution in [0.4, 0.5) is 0 Å². The molecule has 2 rings (SSSR count). The molecule has 96 valence electrons. The van der Waals surface area contributed by atoms with E-state index >= 15 is 0 Å². The summed E-state index contributed by atoms with van der Waals surface area (Å²) in [6.45, 7) is 6.47. The van der Waals surface area contributed by atoms with Gasteiger partial charge in [0.1, 0.15) is 16.5 Å². The Balaban J connectivity index is 1.93. The SMILES string of the molecule is Cc1ncc(C(=O)NCc2nc(C(C)C)cs2)[nH]1. The first kappa shape index (κ1) is 12.8. The van der Waals surface area contributed by atoms with E-state index < -0.39 is 0 Å². The van der Waals surface area contributed by atoms with Gasteiger partial charge in [-0.25, -0.2) is 9.97 Å². The quantitative estimate of drug-likeness (QED) is 0.889. The zero-order valence-electron chi connectivity index (χ0n) is 10.7. The van der Waals surface area contributed by atoms with Gasteiger partial charge in [-0.3, -0.25) is 4.79 Å². The van der Waals surface area contributed by atoms with Gasteiger partial charge in [0.2, 0.25) is 0 Å². The third-order valence-corrected chi connectivity index (χ3v) is 3.38. The average Bonchev–Trinajstić information content (AvgIpc) is 2.94. The highest BCUT2D eigenvalue weighted by molar-refractivity contribution is 7.09. The Morgan fingerprint density at radius 1 is 1.56 bits per heavy atom. The summed E-state index contributed by atoms with van der Waals surface area (Å²) in [5.41, 5.74) is 1.55. The first-order valence-electron chi connectivity index (χ1n) is 5.80. The van der Waals surface area contributed by atoms with Crippen LogP contribution in [-0.2, 0) is 6.54 Å². The number of hydrogen-bond acceptors (Lipinski definition) is 4. The second kappa shape index (κ2) is 5.30. The van der Waals surface area contributed by atoms with Crippen LogP contribution in [0.3, 0.4) is 0 Å². The number of H-pyrrole nitrogens is 1. The molecule has 0 unspecified atom stereocenters. The highest BCUT2D eigenvalue weighted by Gasteiger charge is 2.10. The van der Waals surface area contributed by atoms with E-state index in [0.29, 0.717) is 18.2 Å². The number of carbonyl (C=O) groups is 1. The molecular formula is C12H16N4OS. The third-order valence-electron chi connectivity index (χ3n) is 2.51. The van der Waals surface area contributed by atoms with Gasteiger partial charge in [0.05, 0.1) is 18.4 Å². The molecule has 2 heterocycles. The highest BCUT2D eigenvalue weighted by atomic mass is 32.1. The number of carbonyl (C=O) groups excluding carboxylic acids is 1. The minimum absolute atomic E-state index is 0.156. The van der Waals surface area contributed by atoms with Crippen molar-refractivity contribution >= 4 is 17.2 Å². The summed E-state index contributed by atoms with van der Waals surface area (Å²) >= 11 is 1.57. The summed E-state index contributed by atoms with van der Waals surface area (Å²) in [6, 6.07) is 0. The van der Waals surface area contributed by atoms with Gasteiger partial charge in [-0.05, 0) is 12.8 Å². The molecule has 1 amide bonds. The first-order chi connectivity index (χ1) is 8.56. The predicted molar refractivity (Wildman–Crippen MR) is 70.7 cm³/mol. The highest BCUT2D eigenvalue weighted by Crippen LogP contribution is 2.17. The summed E-state index contributed by atoms with van der Waals surface area (Å²) in [6.07, 6.45) is 1.53. The zero-order valence-corrected chi connectivity index (χ0v) is 11.5. The van der Waals surface area contributed by atoms with E-state index in [9.17, 15) is 4.79 Å². The molecule has 0 radical (unpaired) electrons. The van der Waals surface area contributed by atoms with E-state index in [4.69, 9.17) is 0 Å². The van der Waals surface area contributed by atoms with Crippen molar-refractivity contribution in [2.24, 2.45) is 0 Å². The molecule has 0 saturated carbocycles. The lowest BCUT2D eigenvalue weighted by Gasteiger charge is -2.01. The molecule has 2 aromatic heterocycles. The monoisotopic (exact) mass is 264 g/mol. The minimum atomic E-state index is -0.156. The second-order valence-electron chi connectivity index (χ2n) is 4.39. The van der Waals surface area contributed by atoms with Crippen molar-refractivity contribution in [3.63, 3.8) is 0 Å². The molecule has 5 nitrogen and oxygen atoms in total. The largest absolute Gasteiger partial charge is 0.344 e. The Hall–Kier alpha value is -1.69. The standard InChI is InChI=1S/C12H16N4OS/c1-7(2)10-6-18-11(16-10)5-14-12(17)9-4-13-8(3)15-9/h4,6-7H,5H2,1-3H3,(H,13,15)(H,14,17). The van der Waals surface area contributed by atoms with Crippen LogP contribution in [0.2, 0.25) is 0 Å². The molecule has 18 heavy (non-hydrogen) atoms. The molecule has 0 spiro atoms. The van der Waals surface area contributed by atoms with Crippen molar-refractivity contribution in [3.05, 3.63) is 33.8 Å². The number of aromatic amines is 1. The molecule has 0 bridgehead atoms. The number of nitrogens with one attached hydrogen (secondary N) is 2. The van der Waals surface area contributed by atoms with E-state index in [-0.39, 0.29) is 5.91 Å². The number of rotatable bonds is 4. The van der Waals surface area contributed by atoms with Crippen LogP contribution in [0.1, 0.15) is 46.8 Å². The first-order valence-corrected chi connectivity index (χ1v) is 6.68. The molecule has 0 aliphatic carbocycles. The van der Waals surface area contributed by atoms with Crippen LogP contribution in [0.15, 0.2) is 11.6 Å². The van der Waals surface area contributed by atoms with Crippen LogP contribution in [0, 0.1) is 6.92 Å². The molecule has 0 aliphatic heterocycles. The topological polar surface area (TPSA) is 70.7 Å². The van der Waals surface area contributed by atoms with Crippen molar-refractivity contribution in [2.45, 2.75) is 33.2 Å². The zero-order chi connectivity index (χ0) is 13.1. The second-order valence-corrected chi connectivity index (χ2v) is 5.33. The molecule has 2 N–H and O–H groups in total. The molecule has 2 aromatic rings. The summed E-state index contributed by atoms with van der Waals surface area (Å²) in [5, 5.41) is 5.77. The Labute approximate surface area is 110 Å². The van der Waals surface area contributed by atoms with Crippen molar-refractivity contribution in [1.29, 1.82) is 0 Å². The number of hydrogen-bond donors (Lipinski definition) is 2. The lowest BCUT2D eigenvalue weighted by atomic mass is 10.2. The normalized spacial score (nSPS) is 10.9. The number of aromatic nitrogens is 3. The maximum Gasteiger partial charge on any atom is 0.269 e. The van der Waals surface area contributed by atoms with Gasteiger partial charge >= 0.3 is 0 Å². The molecule has 0 aromatic carbocycles. The van der Waals surface area contributed by atoms with Crippen molar-refractivity contribution < 1.29 is 4.79 Å². The predicted octanol–water partition coefficient (Wildman–Crippen LogP) is 2.23. The van der Waals surface area contributed by atoms with Crippen LogP contribution >= 0.6 is 11.3 Å². The van der Waals surface area contributed by atoms with Gasteiger partial charge < -0.3 is 10.3 Å². The molecular weight excluding hydrogens is 248 g/mol. The summed E-state index contributed by atoms with van der Waals surface area (Å²) < 4.78 is 0. The lowest BCUT2D eigenvalue weighted by Crippen LogP contribution is -2.23. The minimum Gasteiger partial charge on any atom is -0.344 e. The smallest absolute Gasteiger partial charge is 0.269 e. The van der Waals surface area contributed by atoms with E-state index in [2.05, 4.69) is 34.1 Å². The van der Waals surface area contributed by atoms with Gasteiger partial charge in [-0.15, -0.1) is 11.3 Å². The van der Waals surface area contributed by atoms with E-state index in [1.165, 1.54) is 6.20 Å². The van der Waals surface area contributed by atoms with Gasteiger partial charge in [0, 0.05) is 5.38 Å². The summed E-state index contributed by atoms with van der Waals surface area (Å²) in [7, 11) is 0.